The first-order valence-corrected chi connectivity index (χ1v) is 5.70. The fourth-order valence-electron chi connectivity index (χ4n) is 1.63. The van der Waals surface area contributed by atoms with Crippen molar-refractivity contribution in [1.82, 2.24) is 5.32 Å². The molecule has 0 aliphatic rings. The molecule has 5 nitrogen and oxygen atoms in total. The third kappa shape index (κ3) is 3.01. The van der Waals surface area contributed by atoms with E-state index in [1.54, 1.807) is 30.3 Å². The van der Waals surface area contributed by atoms with Crippen LogP contribution in [0.15, 0.2) is 47.1 Å². The van der Waals surface area contributed by atoms with Crippen LogP contribution < -0.4 is 10.1 Å². The van der Waals surface area contributed by atoms with Gasteiger partial charge in [-0.25, -0.2) is 0 Å². The van der Waals surface area contributed by atoms with Crippen LogP contribution in [-0.4, -0.2) is 25.3 Å². The average molecular weight is 259 g/mol. The Balaban J connectivity index is 2.00. The molecule has 0 bridgehead atoms. The number of hydrogen-bond acceptors (Lipinski definition) is 4. The number of furan rings is 1. The molecule has 19 heavy (non-hydrogen) atoms. The Hall–Kier alpha value is -2.56. The summed E-state index contributed by atoms with van der Waals surface area (Å²) < 4.78 is 10.0. The average Bonchev–Trinajstić information content (AvgIpc) is 2.98. The van der Waals surface area contributed by atoms with E-state index in [0.29, 0.717) is 11.3 Å². The number of Topliss-reactive ketones (excluding diaryl/α,β-unsaturated/α-hetero) is 1. The highest BCUT2D eigenvalue weighted by atomic mass is 16.5. The van der Waals surface area contributed by atoms with Gasteiger partial charge in [-0.3, -0.25) is 9.59 Å². The number of rotatable bonds is 5. The van der Waals surface area contributed by atoms with E-state index in [2.05, 4.69) is 5.32 Å². The highest BCUT2D eigenvalue weighted by molar-refractivity contribution is 6.03. The molecular weight excluding hydrogens is 246 g/mol. The van der Waals surface area contributed by atoms with Gasteiger partial charge in [-0.1, -0.05) is 12.1 Å². The Bertz CT molecular complexity index is 575. The van der Waals surface area contributed by atoms with Crippen molar-refractivity contribution in [2.45, 2.75) is 0 Å². The number of nitrogens with one attached hydrogen (secondary N) is 1. The predicted molar refractivity (Wildman–Crippen MR) is 68.4 cm³/mol. The van der Waals surface area contributed by atoms with Crippen LogP contribution in [0.5, 0.6) is 5.75 Å². The van der Waals surface area contributed by atoms with Crippen molar-refractivity contribution in [2.24, 2.45) is 0 Å². The maximum absolute atomic E-state index is 12.0. The molecular formula is C14H13NO4. The number of benzene rings is 1. The summed E-state index contributed by atoms with van der Waals surface area (Å²) in [4.78, 5) is 23.6. The van der Waals surface area contributed by atoms with Gasteiger partial charge in [-0.15, -0.1) is 0 Å². The van der Waals surface area contributed by atoms with Crippen molar-refractivity contribution in [3.05, 3.63) is 54.0 Å². The molecule has 0 aliphatic carbocycles. The lowest BCUT2D eigenvalue weighted by molar-refractivity contribution is 0.0884. The van der Waals surface area contributed by atoms with Crippen molar-refractivity contribution in [3.8, 4) is 5.75 Å². The summed E-state index contributed by atoms with van der Waals surface area (Å²) in [7, 11) is 1.49. The van der Waals surface area contributed by atoms with Crippen LogP contribution in [-0.2, 0) is 0 Å². The minimum absolute atomic E-state index is 0.111. The molecule has 0 fully saturated rings. The van der Waals surface area contributed by atoms with Crippen LogP contribution in [0.4, 0.5) is 0 Å². The highest BCUT2D eigenvalue weighted by Gasteiger charge is 2.14. The van der Waals surface area contributed by atoms with Gasteiger partial charge in [0.15, 0.2) is 11.5 Å². The monoisotopic (exact) mass is 259 g/mol. The summed E-state index contributed by atoms with van der Waals surface area (Å²) in [5, 5.41) is 2.50. The van der Waals surface area contributed by atoms with Gasteiger partial charge < -0.3 is 14.5 Å². The van der Waals surface area contributed by atoms with Crippen LogP contribution >= 0.6 is 0 Å². The molecule has 0 aliphatic heterocycles. The minimum atomic E-state index is -0.423. The second-order valence-electron chi connectivity index (χ2n) is 3.78. The zero-order valence-corrected chi connectivity index (χ0v) is 10.4. The van der Waals surface area contributed by atoms with Crippen molar-refractivity contribution in [3.63, 3.8) is 0 Å². The Kier molecular flexibility index (Phi) is 3.97. The SMILES string of the molecule is COc1ccccc1C(=O)CNC(=O)c1ccco1. The second kappa shape index (κ2) is 5.86. The predicted octanol–water partition coefficient (Wildman–Crippen LogP) is 1.90. The maximum atomic E-state index is 12.0. The quantitative estimate of drug-likeness (QED) is 0.833. The first-order chi connectivity index (χ1) is 9.22. The van der Waals surface area contributed by atoms with Gasteiger partial charge >= 0.3 is 0 Å². The van der Waals surface area contributed by atoms with Gasteiger partial charge in [0.05, 0.1) is 25.5 Å². The van der Waals surface area contributed by atoms with Crippen LogP contribution in [0.2, 0.25) is 0 Å². The van der Waals surface area contributed by atoms with Crippen LogP contribution in [0, 0.1) is 0 Å². The van der Waals surface area contributed by atoms with E-state index in [4.69, 9.17) is 9.15 Å². The maximum Gasteiger partial charge on any atom is 0.287 e. The van der Waals surface area contributed by atoms with E-state index in [0.717, 1.165) is 0 Å². The van der Waals surface area contributed by atoms with E-state index in [9.17, 15) is 9.59 Å². The molecule has 1 amide bonds. The number of amides is 1. The molecule has 5 heteroatoms. The lowest BCUT2D eigenvalue weighted by Gasteiger charge is -2.07. The molecule has 0 spiro atoms. The van der Waals surface area contributed by atoms with Crippen molar-refractivity contribution < 1.29 is 18.7 Å². The fourth-order valence-corrected chi connectivity index (χ4v) is 1.63. The minimum Gasteiger partial charge on any atom is -0.496 e. The van der Waals surface area contributed by atoms with Crippen LogP contribution in [0.3, 0.4) is 0 Å². The van der Waals surface area contributed by atoms with Gasteiger partial charge in [0, 0.05) is 0 Å². The Morgan fingerprint density at radius 3 is 2.68 bits per heavy atom. The number of ether oxygens (including phenoxy) is 1. The summed E-state index contributed by atoms with van der Waals surface area (Å²) in [5.74, 6) is 0.0122. The summed E-state index contributed by atoms with van der Waals surface area (Å²) in [6.45, 7) is -0.111. The van der Waals surface area contributed by atoms with Gasteiger partial charge in [0.25, 0.3) is 5.91 Å². The second-order valence-corrected chi connectivity index (χ2v) is 3.78. The zero-order chi connectivity index (χ0) is 13.7. The molecule has 0 radical (unpaired) electrons. The fraction of sp³-hybridized carbons (Fsp3) is 0.143. The topological polar surface area (TPSA) is 68.5 Å². The van der Waals surface area contributed by atoms with E-state index < -0.39 is 5.91 Å². The molecule has 98 valence electrons. The van der Waals surface area contributed by atoms with Gasteiger partial charge in [0.1, 0.15) is 5.75 Å². The third-order valence-corrected chi connectivity index (χ3v) is 2.56. The lowest BCUT2D eigenvalue weighted by atomic mass is 10.1. The summed E-state index contributed by atoms with van der Waals surface area (Å²) in [6, 6.07) is 10.0. The first kappa shape index (κ1) is 12.9. The molecule has 0 saturated heterocycles. The number of ketones is 1. The Labute approximate surface area is 110 Å². The van der Waals surface area contributed by atoms with Crippen molar-refractivity contribution in [1.29, 1.82) is 0 Å². The molecule has 0 atom stereocenters. The first-order valence-electron chi connectivity index (χ1n) is 5.70. The smallest absolute Gasteiger partial charge is 0.287 e. The number of hydrogen-bond donors (Lipinski definition) is 1. The molecule has 0 unspecified atom stereocenters. The Morgan fingerprint density at radius 2 is 2.00 bits per heavy atom. The molecule has 1 aromatic carbocycles. The number of para-hydroxylation sites is 1. The summed E-state index contributed by atoms with van der Waals surface area (Å²) in [6.07, 6.45) is 1.40. The lowest BCUT2D eigenvalue weighted by Crippen LogP contribution is -2.29. The van der Waals surface area contributed by atoms with Gasteiger partial charge in [-0.05, 0) is 24.3 Å². The molecule has 1 aromatic heterocycles. The van der Waals surface area contributed by atoms with Crippen molar-refractivity contribution >= 4 is 11.7 Å². The van der Waals surface area contributed by atoms with Crippen LogP contribution in [0.25, 0.3) is 0 Å². The van der Waals surface area contributed by atoms with Gasteiger partial charge in [0.2, 0.25) is 0 Å². The van der Waals surface area contributed by atoms with E-state index in [1.165, 1.54) is 19.4 Å². The third-order valence-electron chi connectivity index (χ3n) is 2.56. The number of carbonyl (C=O) groups is 2. The molecule has 0 saturated carbocycles. The van der Waals surface area contributed by atoms with Crippen LogP contribution in [0.1, 0.15) is 20.9 Å². The molecule has 2 rings (SSSR count). The Morgan fingerprint density at radius 1 is 1.21 bits per heavy atom. The highest BCUT2D eigenvalue weighted by Crippen LogP contribution is 2.17. The summed E-state index contributed by atoms with van der Waals surface area (Å²) in [5.41, 5.74) is 0.435. The number of methoxy groups -OCH3 is 1. The number of carbonyl (C=O) groups excluding carboxylic acids is 2. The van der Waals surface area contributed by atoms with E-state index in [-0.39, 0.29) is 18.1 Å². The summed E-state index contributed by atoms with van der Waals surface area (Å²) >= 11 is 0. The standard InChI is InChI=1S/C14H13NO4/c1-18-12-6-3-2-5-10(12)11(16)9-15-14(17)13-7-4-8-19-13/h2-8H,9H2,1H3,(H,15,17). The van der Waals surface area contributed by atoms with Gasteiger partial charge in [-0.2, -0.15) is 0 Å². The van der Waals surface area contributed by atoms with Crippen molar-refractivity contribution in [2.75, 3.05) is 13.7 Å². The molecule has 2 aromatic rings. The zero-order valence-electron chi connectivity index (χ0n) is 10.4. The largest absolute Gasteiger partial charge is 0.496 e. The van der Waals surface area contributed by atoms with E-state index in [1.807, 2.05) is 0 Å². The molecule has 1 N–H and O–H groups in total. The normalized spacial score (nSPS) is 9.95. The van der Waals surface area contributed by atoms with E-state index >= 15 is 0 Å². The molecule has 1 heterocycles.